The van der Waals surface area contributed by atoms with Gasteiger partial charge < -0.3 is 10.6 Å². The molecule has 1 aliphatic rings. The maximum Gasteiger partial charge on any atom is 0.191 e. The van der Waals surface area contributed by atoms with Crippen molar-refractivity contribution in [1.82, 2.24) is 10.6 Å². The zero-order valence-corrected chi connectivity index (χ0v) is 15.6. The number of hydrogen-bond acceptors (Lipinski definition) is 2. The molecule has 1 aromatic rings. The highest BCUT2D eigenvalue weighted by Crippen LogP contribution is 2.33. The number of aliphatic imine (C=N–C) groups is 1. The van der Waals surface area contributed by atoms with Gasteiger partial charge in [0.25, 0.3) is 0 Å². The Kier molecular flexibility index (Phi) is 8.52. The zero-order chi connectivity index (χ0) is 13.5. The highest BCUT2D eigenvalue weighted by molar-refractivity contribution is 14.0. The van der Waals surface area contributed by atoms with Crippen LogP contribution in [0.4, 0.5) is 0 Å². The summed E-state index contributed by atoms with van der Waals surface area (Å²) in [5.74, 6) is 1.97. The van der Waals surface area contributed by atoms with E-state index >= 15 is 0 Å². The largest absolute Gasteiger partial charge is 0.357 e. The second-order valence-corrected chi connectivity index (χ2v) is 6.24. The Morgan fingerprint density at radius 3 is 2.80 bits per heavy atom. The minimum absolute atomic E-state index is 0. The van der Waals surface area contributed by atoms with Crippen molar-refractivity contribution in [3.05, 3.63) is 21.9 Å². The Morgan fingerprint density at radius 2 is 2.20 bits per heavy atom. The van der Waals surface area contributed by atoms with Crippen LogP contribution in [0, 0.1) is 12.8 Å². The molecule has 0 amide bonds. The molecular weight excluding hydrogens is 381 g/mol. The van der Waals surface area contributed by atoms with Crippen molar-refractivity contribution in [3.8, 4) is 0 Å². The molecule has 114 valence electrons. The van der Waals surface area contributed by atoms with Crippen LogP contribution in [-0.2, 0) is 6.54 Å². The molecule has 0 bridgehead atoms. The third-order valence-corrected chi connectivity index (χ3v) is 4.48. The molecule has 0 spiro atoms. The number of rotatable bonds is 7. The van der Waals surface area contributed by atoms with Crippen LogP contribution in [0.5, 0.6) is 0 Å². The molecule has 2 N–H and O–H groups in total. The van der Waals surface area contributed by atoms with Gasteiger partial charge in [-0.25, -0.2) is 4.99 Å². The molecule has 0 aliphatic heterocycles. The van der Waals surface area contributed by atoms with Crippen molar-refractivity contribution in [2.75, 3.05) is 13.1 Å². The van der Waals surface area contributed by atoms with Gasteiger partial charge in [0.2, 0.25) is 0 Å². The predicted octanol–water partition coefficient (Wildman–Crippen LogP) is 3.92. The first-order chi connectivity index (χ1) is 9.29. The predicted molar refractivity (Wildman–Crippen MR) is 99.2 cm³/mol. The average Bonchev–Trinajstić information content (AvgIpc) is 3.14. The molecule has 1 saturated carbocycles. The van der Waals surface area contributed by atoms with Crippen LogP contribution in [0.2, 0.25) is 0 Å². The summed E-state index contributed by atoms with van der Waals surface area (Å²) in [6, 6.07) is 2.16. The topological polar surface area (TPSA) is 36.4 Å². The highest BCUT2D eigenvalue weighted by atomic mass is 127. The Bertz CT molecular complexity index is 413. The summed E-state index contributed by atoms with van der Waals surface area (Å²) in [6.45, 7) is 6.99. The van der Waals surface area contributed by atoms with Crippen LogP contribution in [0.1, 0.15) is 43.0 Å². The van der Waals surface area contributed by atoms with Gasteiger partial charge in [-0.15, -0.1) is 35.3 Å². The maximum absolute atomic E-state index is 4.65. The van der Waals surface area contributed by atoms with Crippen molar-refractivity contribution >= 4 is 41.3 Å². The van der Waals surface area contributed by atoms with E-state index in [-0.39, 0.29) is 24.0 Å². The molecule has 3 nitrogen and oxygen atoms in total. The lowest BCUT2D eigenvalue weighted by Crippen LogP contribution is -2.37. The van der Waals surface area contributed by atoms with E-state index < -0.39 is 0 Å². The molecule has 1 heterocycles. The molecule has 1 aromatic heterocycles. The van der Waals surface area contributed by atoms with Gasteiger partial charge in [0.05, 0.1) is 6.54 Å². The minimum Gasteiger partial charge on any atom is -0.357 e. The highest BCUT2D eigenvalue weighted by Gasteiger charge is 2.19. The normalized spacial score (nSPS) is 14.8. The van der Waals surface area contributed by atoms with Gasteiger partial charge in [-0.1, -0.05) is 12.8 Å². The van der Waals surface area contributed by atoms with Gasteiger partial charge in [-0.2, -0.15) is 0 Å². The van der Waals surface area contributed by atoms with Crippen molar-refractivity contribution < 1.29 is 0 Å². The van der Waals surface area contributed by atoms with Gasteiger partial charge in [0.15, 0.2) is 5.96 Å². The second kappa shape index (κ2) is 9.60. The first-order valence-corrected chi connectivity index (χ1v) is 8.22. The average molecular weight is 407 g/mol. The number of thiophene rings is 1. The van der Waals surface area contributed by atoms with Crippen LogP contribution >= 0.6 is 35.3 Å². The number of nitrogens with one attached hydrogen (secondary N) is 2. The van der Waals surface area contributed by atoms with Crippen LogP contribution in [0.15, 0.2) is 16.4 Å². The van der Waals surface area contributed by atoms with Crippen LogP contribution in [-0.4, -0.2) is 19.0 Å². The van der Waals surface area contributed by atoms with E-state index in [9.17, 15) is 0 Å². The Hall–Kier alpha value is -0.300. The quantitative estimate of drug-likeness (QED) is 0.311. The van der Waals surface area contributed by atoms with E-state index in [4.69, 9.17) is 0 Å². The maximum atomic E-state index is 4.65. The molecule has 1 fully saturated rings. The summed E-state index contributed by atoms with van der Waals surface area (Å²) in [5.41, 5.74) is 1.35. The summed E-state index contributed by atoms with van der Waals surface area (Å²) in [6.07, 6.45) is 5.53. The van der Waals surface area contributed by atoms with E-state index in [1.54, 1.807) is 11.3 Å². The number of nitrogens with zero attached hydrogens (tertiary/aromatic N) is 1. The van der Waals surface area contributed by atoms with Crippen LogP contribution in [0.3, 0.4) is 0 Å². The number of halogens is 1. The van der Waals surface area contributed by atoms with E-state index in [1.165, 1.54) is 36.1 Å². The molecular formula is C15H26IN3S. The van der Waals surface area contributed by atoms with E-state index in [0.717, 1.165) is 31.5 Å². The van der Waals surface area contributed by atoms with E-state index in [1.807, 2.05) is 0 Å². The van der Waals surface area contributed by atoms with E-state index in [0.29, 0.717) is 0 Å². The third-order valence-electron chi connectivity index (χ3n) is 3.47. The summed E-state index contributed by atoms with van der Waals surface area (Å²) >= 11 is 1.79. The molecule has 20 heavy (non-hydrogen) atoms. The monoisotopic (exact) mass is 407 g/mol. The van der Waals surface area contributed by atoms with Gasteiger partial charge in [-0.3, -0.25) is 0 Å². The van der Waals surface area contributed by atoms with E-state index in [2.05, 4.69) is 40.9 Å². The van der Waals surface area contributed by atoms with Gasteiger partial charge in [0.1, 0.15) is 0 Å². The summed E-state index contributed by atoms with van der Waals surface area (Å²) < 4.78 is 0. The van der Waals surface area contributed by atoms with Crippen LogP contribution < -0.4 is 10.6 Å². The van der Waals surface area contributed by atoms with Crippen LogP contribution in [0.25, 0.3) is 0 Å². The fraction of sp³-hybridized carbons (Fsp3) is 0.667. The summed E-state index contributed by atoms with van der Waals surface area (Å²) in [4.78, 5) is 6.01. The first-order valence-electron chi connectivity index (χ1n) is 7.34. The molecule has 0 unspecified atom stereocenters. The van der Waals surface area contributed by atoms with Gasteiger partial charge >= 0.3 is 0 Å². The summed E-state index contributed by atoms with van der Waals surface area (Å²) in [5, 5.41) is 8.88. The van der Waals surface area contributed by atoms with Gasteiger partial charge in [-0.05, 0) is 49.6 Å². The first kappa shape index (κ1) is 17.8. The molecule has 5 heteroatoms. The number of aryl methyl sites for hydroxylation is 1. The molecule has 2 rings (SSSR count). The molecule has 1 aliphatic carbocycles. The Labute approximate surface area is 143 Å². The number of hydrogen-bond donors (Lipinski definition) is 2. The molecule has 0 atom stereocenters. The SMILES string of the molecule is CCNC(=NCc1sccc1C)NCCCC1CC1.I. The van der Waals surface area contributed by atoms with Crippen molar-refractivity contribution in [2.24, 2.45) is 10.9 Å². The minimum atomic E-state index is 0. The standard InChI is InChI=1S/C15H25N3S.HI/c1-3-16-15(17-9-4-5-13-6-7-13)18-11-14-12(2)8-10-19-14;/h8,10,13H,3-7,9,11H2,1-2H3,(H2,16,17,18);1H. The van der Waals surface area contributed by atoms with Crippen molar-refractivity contribution in [3.63, 3.8) is 0 Å². The van der Waals surface area contributed by atoms with Crippen molar-refractivity contribution in [1.29, 1.82) is 0 Å². The number of guanidine groups is 1. The molecule has 0 radical (unpaired) electrons. The Balaban J connectivity index is 0.00000200. The third kappa shape index (κ3) is 6.43. The second-order valence-electron chi connectivity index (χ2n) is 5.23. The summed E-state index contributed by atoms with van der Waals surface area (Å²) in [7, 11) is 0. The Morgan fingerprint density at radius 1 is 1.40 bits per heavy atom. The molecule has 0 saturated heterocycles. The molecule has 0 aromatic carbocycles. The van der Waals surface area contributed by atoms with Gasteiger partial charge in [0, 0.05) is 18.0 Å². The lowest BCUT2D eigenvalue weighted by atomic mass is 10.2. The lowest BCUT2D eigenvalue weighted by molar-refractivity contribution is 0.645. The van der Waals surface area contributed by atoms with Crippen molar-refractivity contribution in [2.45, 2.75) is 46.1 Å². The lowest BCUT2D eigenvalue weighted by Gasteiger charge is -2.11. The fourth-order valence-corrected chi connectivity index (χ4v) is 2.89. The smallest absolute Gasteiger partial charge is 0.191 e. The fourth-order valence-electron chi connectivity index (χ4n) is 2.06. The zero-order valence-electron chi connectivity index (χ0n) is 12.4.